The first-order valence-electron chi connectivity index (χ1n) is 3.57. The van der Waals surface area contributed by atoms with E-state index in [1.165, 1.54) is 12.1 Å². The number of hydrogen-bond donors (Lipinski definition) is 1. The van der Waals surface area contributed by atoms with Crippen molar-refractivity contribution in [3.63, 3.8) is 0 Å². The molecule has 0 aliphatic rings. The molecule has 1 aromatic rings. The van der Waals surface area contributed by atoms with Crippen LogP contribution in [-0.2, 0) is 4.79 Å². The lowest BCUT2D eigenvalue weighted by atomic mass is 10.2. The van der Waals surface area contributed by atoms with Gasteiger partial charge >= 0.3 is 5.97 Å². The van der Waals surface area contributed by atoms with E-state index in [0.717, 1.165) is 3.57 Å². The average molecular weight is 310 g/mol. The monoisotopic (exact) mass is 310 g/mol. The maximum atomic E-state index is 13.0. The molecule has 0 aliphatic carbocycles. The molecule has 0 bridgehead atoms. The third-order valence-corrected chi connectivity index (χ3v) is 2.20. The predicted molar refractivity (Wildman–Crippen MR) is 55.9 cm³/mol. The quantitative estimate of drug-likeness (QED) is 0.673. The van der Waals surface area contributed by atoms with E-state index in [4.69, 9.17) is 5.11 Å². The summed E-state index contributed by atoms with van der Waals surface area (Å²) in [6.07, 6.45) is 0. The maximum absolute atomic E-state index is 13.0. The highest BCUT2D eigenvalue weighted by Crippen LogP contribution is 2.22. The zero-order valence-electron chi connectivity index (χ0n) is 6.80. The number of rotatable bonds is 2. The minimum Gasteiger partial charge on any atom is -0.476 e. The Bertz CT molecular complexity index is 384. The molecule has 0 amide bonds. The highest BCUT2D eigenvalue weighted by Gasteiger charge is 2.15. The van der Waals surface area contributed by atoms with Gasteiger partial charge in [-0.05, 0) is 34.7 Å². The summed E-state index contributed by atoms with van der Waals surface area (Å²) in [5.74, 6) is -5.03. The van der Waals surface area contributed by atoms with Gasteiger partial charge in [-0.1, -0.05) is 12.1 Å². The summed E-state index contributed by atoms with van der Waals surface area (Å²) in [7, 11) is 0. The van der Waals surface area contributed by atoms with Gasteiger partial charge in [0.2, 0.25) is 5.83 Å². The molecule has 2 nitrogen and oxygen atoms in total. The van der Waals surface area contributed by atoms with Gasteiger partial charge in [0.05, 0.1) is 0 Å². The van der Waals surface area contributed by atoms with E-state index in [1.54, 1.807) is 12.1 Å². The Balaban J connectivity index is 3.12. The summed E-state index contributed by atoms with van der Waals surface area (Å²) in [5, 5.41) is 8.19. The molecule has 0 spiro atoms. The van der Waals surface area contributed by atoms with E-state index in [2.05, 4.69) is 0 Å². The summed E-state index contributed by atoms with van der Waals surface area (Å²) >= 11 is 2.00. The van der Waals surface area contributed by atoms with Gasteiger partial charge in [0.1, 0.15) is 0 Å². The third kappa shape index (κ3) is 2.50. The Morgan fingerprint density at radius 2 is 1.71 bits per heavy atom. The Morgan fingerprint density at radius 1 is 1.21 bits per heavy atom. The maximum Gasteiger partial charge on any atom is 0.367 e. The zero-order chi connectivity index (χ0) is 10.7. The fraction of sp³-hybridized carbons (Fsp3) is 0. The van der Waals surface area contributed by atoms with Crippen LogP contribution >= 0.6 is 22.6 Å². The number of carboxylic acids is 1. The molecule has 1 rings (SSSR count). The largest absolute Gasteiger partial charge is 0.476 e. The Morgan fingerprint density at radius 3 is 2.14 bits per heavy atom. The minimum atomic E-state index is -1.90. The standard InChI is InChI=1S/C9H5F2IO2/c10-7(8(11)9(13)14)5-1-3-6(12)4-2-5/h1-4H,(H,13,14). The third-order valence-electron chi connectivity index (χ3n) is 1.48. The van der Waals surface area contributed by atoms with Gasteiger partial charge in [0.25, 0.3) is 0 Å². The lowest BCUT2D eigenvalue weighted by molar-refractivity contribution is -0.134. The second-order valence-electron chi connectivity index (χ2n) is 2.44. The normalized spacial score (nSPS) is 12.2. The average Bonchev–Trinajstić information content (AvgIpc) is 2.16. The molecule has 0 atom stereocenters. The first kappa shape index (κ1) is 11.1. The van der Waals surface area contributed by atoms with Crippen LogP contribution in [0.15, 0.2) is 30.1 Å². The van der Waals surface area contributed by atoms with Crippen molar-refractivity contribution in [2.24, 2.45) is 0 Å². The van der Waals surface area contributed by atoms with Gasteiger partial charge in [-0.2, -0.15) is 4.39 Å². The summed E-state index contributed by atoms with van der Waals surface area (Å²) in [6, 6.07) is 5.76. The first-order chi connectivity index (χ1) is 6.52. The van der Waals surface area contributed by atoms with E-state index in [-0.39, 0.29) is 5.56 Å². The van der Waals surface area contributed by atoms with Gasteiger partial charge < -0.3 is 5.11 Å². The van der Waals surface area contributed by atoms with Gasteiger partial charge in [-0.25, -0.2) is 9.18 Å². The van der Waals surface area contributed by atoms with Crippen molar-refractivity contribution in [1.82, 2.24) is 0 Å². The van der Waals surface area contributed by atoms with E-state index < -0.39 is 17.6 Å². The van der Waals surface area contributed by atoms with Crippen LogP contribution in [0.3, 0.4) is 0 Å². The smallest absolute Gasteiger partial charge is 0.367 e. The minimum absolute atomic E-state index is 0.0784. The summed E-state index contributed by atoms with van der Waals surface area (Å²) in [4.78, 5) is 10.1. The lowest BCUT2D eigenvalue weighted by Crippen LogP contribution is -1.97. The molecule has 1 aromatic carbocycles. The number of carbonyl (C=O) groups is 1. The van der Waals surface area contributed by atoms with E-state index >= 15 is 0 Å². The van der Waals surface area contributed by atoms with Crippen molar-refractivity contribution >= 4 is 34.4 Å². The van der Waals surface area contributed by atoms with Crippen LogP contribution in [0.4, 0.5) is 8.78 Å². The van der Waals surface area contributed by atoms with Crippen LogP contribution in [0.2, 0.25) is 0 Å². The molecular weight excluding hydrogens is 305 g/mol. The van der Waals surface area contributed by atoms with Crippen molar-refractivity contribution in [2.75, 3.05) is 0 Å². The molecule has 74 valence electrons. The highest BCUT2D eigenvalue weighted by atomic mass is 127. The molecule has 0 unspecified atom stereocenters. The summed E-state index contributed by atoms with van der Waals surface area (Å²) < 4.78 is 26.5. The number of hydrogen-bond acceptors (Lipinski definition) is 1. The van der Waals surface area contributed by atoms with Crippen LogP contribution in [0.25, 0.3) is 5.83 Å². The second-order valence-corrected chi connectivity index (χ2v) is 3.69. The van der Waals surface area contributed by atoms with Crippen molar-refractivity contribution in [1.29, 1.82) is 0 Å². The molecule has 0 aromatic heterocycles. The first-order valence-corrected chi connectivity index (χ1v) is 4.64. The number of aliphatic carboxylic acids is 1. The second kappa shape index (κ2) is 4.50. The molecule has 0 saturated heterocycles. The molecule has 0 heterocycles. The van der Waals surface area contributed by atoms with Gasteiger partial charge in [-0.15, -0.1) is 0 Å². The van der Waals surface area contributed by atoms with E-state index in [1.807, 2.05) is 22.6 Å². The number of halogens is 3. The molecule has 1 N–H and O–H groups in total. The molecule has 0 saturated carbocycles. The molecular formula is C9H5F2IO2. The molecule has 0 fully saturated rings. The summed E-state index contributed by atoms with van der Waals surface area (Å²) in [6.45, 7) is 0. The highest BCUT2D eigenvalue weighted by molar-refractivity contribution is 14.1. The van der Waals surface area contributed by atoms with Gasteiger partial charge in [-0.3, -0.25) is 0 Å². The van der Waals surface area contributed by atoms with Crippen LogP contribution in [0, 0.1) is 3.57 Å². The zero-order valence-corrected chi connectivity index (χ0v) is 8.96. The predicted octanol–water partition coefficient (Wildman–Crippen LogP) is 2.98. The fourth-order valence-corrected chi connectivity index (χ4v) is 1.18. The van der Waals surface area contributed by atoms with E-state index in [9.17, 15) is 13.6 Å². The van der Waals surface area contributed by atoms with Crippen molar-refractivity contribution in [3.05, 3.63) is 39.2 Å². The lowest BCUT2D eigenvalue weighted by Gasteiger charge is -1.98. The summed E-state index contributed by atoms with van der Waals surface area (Å²) in [5.41, 5.74) is -0.0784. The fourth-order valence-electron chi connectivity index (χ4n) is 0.817. The Labute approximate surface area is 92.4 Å². The van der Waals surface area contributed by atoms with Crippen molar-refractivity contribution in [3.8, 4) is 0 Å². The van der Waals surface area contributed by atoms with Crippen LogP contribution < -0.4 is 0 Å². The Hall–Kier alpha value is -0.980. The molecule has 5 heteroatoms. The van der Waals surface area contributed by atoms with Gasteiger partial charge in [0, 0.05) is 9.13 Å². The van der Waals surface area contributed by atoms with Crippen LogP contribution in [-0.4, -0.2) is 11.1 Å². The van der Waals surface area contributed by atoms with Crippen molar-refractivity contribution in [2.45, 2.75) is 0 Å². The number of benzene rings is 1. The number of carboxylic acid groups (broad SMARTS) is 1. The topological polar surface area (TPSA) is 37.3 Å². The molecule has 0 aliphatic heterocycles. The molecule has 0 radical (unpaired) electrons. The van der Waals surface area contributed by atoms with E-state index in [0.29, 0.717) is 0 Å². The van der Waals surface area contributed by atoms with Gasteiger partial charge in [0.15, 0.2) is 5.83 Å². The SMILES string of the molecule is O=C(O)C(F)=C(F)c1ccc(I)cc1. The molecule has 14 heavy (non-hydrogen) atoms. The van der Waals surface area contributed by atoms with Crippen LogP contribution in [0.1, 0.15) is 5.56 Å². The van der Waals surface area contributed by atoms with Crippen LogP contribution in [0.5, 0.6) is 0 Å². The van der Waals surface area contributed by atoms with Crippen molar-refractivity contribution < 1.29 is 18.7 Å². The Kier molecular flexibility index (Phi) is 3.56.